The number of nitrogens with zero attached hydrogens (tertiary/aromatic N) is 2. The van der Waals surface area contributed by atoms with Crippen LogP contribution < -0.4 is 5.73 Å². The van der Waals surface area contributed by atoms with Gasteiger partial charge in [-0.25, -0.2) is 0 Å². The monoisotopic (exact) mass is 255 g/mol. The lowest BCUT2D eigenvalue weighted by Gasteiger charge is -1.98. The van der Waals surface area contributed by atoms with E-state index < -0.39 is 0 Å². The molecule has 0 unspecified atom stereocenters. The Bertz CT molecular complexity index is 464. The molecule has 2 rings (SSSR count). The number of thioether (sulfide) groups is 1. The quantitative estimate of drug-likeness (QED) is 0.909. The first-order valence-corrected chi connectivity index (χ1v) is 6.87. The third-order valence-electron chi connectivity index (χ3n) is 1.90. The number of nitrogen functional groups attached to an aromatic ring is 1. The summed E-state index contributed by atoms with van der Waals surface area (Å²) in [6, 6.07) is 1.84. The molecule has 0 aliphatic heterocycles. The molecule has 0 aliphatic rings. The summed E-state index contributed by atoms with van der Waals surface area (Å²) in [5.74, 6) is 2.01. The van der Waals surface area contributed by atoms with Crippen molar-refractivity contribution >= 4 is 28.8 Å². The molecule has 2 aromatic heterocycles. The van der Waals surface area contributed by atoms with Gasteiger partial charge in [0, 0.05) is 0 Å². The van der Waals surface area contributed by atoms with Crippen molar-refractivity contribution in [3.63, 3.8) is 0 Å². The highest BCUT2D eigenvalue weighted by Gasteiger charge is 2.13. The Kier molecular flexibility index (Phi) is 3.50. The van der Waals surface area contributed by atoms with E-state index in [-0.39, 0.29) is 0 Å². The molecule has 0 radical (unpaired) electrons. The largest absolute Gasteiger partial charge is 0.397 e. The van der Waals surface area contributed by atoms with E-state index in [1.807, 2.05) is 11.4 Å². The van der Waals surface area contributed by atoms with Crippen molar-refractivity contribution in [3.05, 3.63) is 17.3 Å². The van der Waals surface area contributed by atoms with Crippen LogP contribution in [0.4, 0.5) is 5.69 Å². The summed E-state index contributed by atoms with van der Waals surface area (Å²) in [7, 11) is 0. The molecular formula is C10H13N3OS2. The van der Waals surface area contributed by atoms with Crippen molar-refractivity contribution < 1.29 is 4.52 Å². The second kappa shape index (κ2) is 4.88. The molecular weight excluding hydrogens is 242 g/mol. The smallest absolute Gasteiger partial charge is 0.270 e. The molecule has 2 N–H and O–H groups in total. The fourth-order valence-corrected chi connectivity index (χ4v) is 2.48. The first kappa shape index (κ1) is 11.5. The van der Waals surface area contributed by atoms with Crippen LogP contribution in [0.25, 0.3) is 10.8 Å². The summed E-state index contributed by atoms with van der Waals surface area (Å²) in [5, 5.41) is 6.41. The Morgan fingerprint density at radius 2 is 2.38 bits per heavy atom. The zero-order valence-corrected chi connectivity index (χ0v) is 10.8. The first-order valence-electron chi connectivity index (χ1n) is 4.94. The van der Waals surface area contributed by atoms with Crippen LogP contribution in [-0.4, -0.2) is 15.4 Å². The number of nitrogens with two attached hydrogens (primary N) is 1. The van der Waals surface area contributed by atoms with E-state index in [0.717, 1.165) is 16.5 Å². The minimum Gasteiger partial charge on any atom is -0.397 e. The van der Waals surface area contributed by atoms with Gasteiger partial charge in [0.2, 0.25) is 0 Å². The Balaban J connectivity index is 2.11. The van der Waals surface area contributed by atoms with E-state index >= 15 is 0 Å². The molecule has 0 atom stereocenters. The summed E-state index contributed by atoms with van der Waals surface area (Å²) in [6.45, 7) is 4.28. The van der Waals surface area contributed by atoms with Gasteiger partial charge in [0.05, 0.1) is 11.4 Å². The third kappa shape index (κ3) is 2.56. The van der Waals surface area contributed by atoms with Crippen molar-refractivity contribution in [2.24, 2.45) is 0 Å². The highest BCUT2D eigenvalue weighted by molar-refractivity contribution is 7.99. The zero-order valence-electron chi connectivity index (χ0n) is 9.14. The van der Waals surface area contributed by atoms with Gasteiger partial charge in [-0.15, -0.1) is 11.3 Å². The number of thiophene rings is 1. The number of anilines is 1. The van der Waals surface area contributed by atoms with E-state index in [0.29, 0.717) is 16.8 Å². The minimum absolute atomic E-state index is 0.520. The predicted octanol–water partition coefficient (Wildman–Crippen LogP) is 3.02. The van der Waals surface area contributed by atoms with E-state index in [1.54, 1.807) is 11.8 Å². The summed E-state index contributed by atoms with van der Waals surface area (Å²) in [5.41, 5.74) is 6.47. The molecule has 4 nitrogen and oxygen atoms in total. The lowest BCUT2D eigenvalue weighted by atomic mass is 10.4. The molecule has 0 saturated carbocycles. The predicted molar refractivity (Wildman–Crippen MR) is 68.5 cm³/mol. The summed E-state index contributed by atoms with van der Waals surface area (Å²) in [4.78, 5) is 5.17. The number of rotatable bonds is 4. The fourth-order valence-electron chi connectivity index (χ4n) is 1.14. The van der Waals surface area contributed by atoms with Crippen LogP contribution in [0, 0.1) is 0 Å². The molecule has 2 aromatic rings. The van der Waals surface area contributed by atoms with Crippen LogP contribution in [0.3, 0.4) is 0 Å². The normalized spacial score (nSPS) is 11.2. The van der Waals surface area contributed by atoms with Crippen molar-refractivity contribution in [3.8, 4) is 10.8 Å². The molecule has 2 heterocycles. The van der Waals surface area contributed by atoms with Gasteiger partial charge in [-0.2, -0.15) is 16.7 Å². The SMILES string of the molecule is CC(C)SCc1noc(-c2sccc2N)n1. The van der Waals surface area contributed by atoms with Gasteiger partial charge in [0.15, 0.2) is 5.82 Å². The number of aromatic nitrogens is 2. The molecule has 0 spiro atoms. The number of hydrogen-bond acceptors (Lipinski definition) is 6. The third-order valence-corrected chi connectivity index (χ3v) is 3.91. The van der Waals surface area contributed by atoms with Crippen molar-refractivity contribution in [2.45, 2.75) is 24.9 Å². The Morgan fingerprint density at radius 1 is 1.56 bits per heavy atom. The Morgan fingerprint density at radius 3 is 3.00 bits per heavy atom. The van der Waals surface area contributed by atoms with Gasteiger partial charge >= 0.3 is 0 Å². The molecule has 0 amide bonds. The standard InChI is InChI=1S/C10H13N3OS2/c1-6(2)16-5-8-12-10(14-13-8)9-7(11)3-4-15-9/h3-4,6H,5,11H2,1-2H3. The van der Waals surface area contributed by atoms with Gasteiger partial charge in [0.1, 0.15) is 4.88 Å². The fraction of sp³-hybridized carbons (Fsp3) is 0.400. The lowest BCUT2D eigenvalue weighted by molar-refractivity contribution is 0.426. The van der Waals surface area contributed by atoms with Gasteiger partial charge in [-0.3, -0.25) is 0 Å². The van der Waals surface area contributed by atoms with Crippen LogP contribution in [0.15, 0.2) is 16.0 Å². The minimum atomic E-state index is 0.520. The van der Waals surface area contributed by atoms with E-state index in [9.17, 15) is 0 Å². The van der Waals surface area contributed by atoms with Crippen LogP contribution >= 0.6 is 23.1 Å². The van der Waals surface area contributed by atoms with Crippen molar-refractivity contribution in [1.82, 2.24) is 10.1 Å². The molecule has 6 heteroatoms. The molecule has 16 heavy (non-hydrogen) atoms. The van der Waals surface area contributed by atoms with Crippen LogP contribution in [-0.2, 0) is 5.75 Å². The maximum absolute atomic E-state index is 5.78. The highest BCUT2D eigenvalue weighted by Crippen LogP contribution is 2.30. The topological polar surface area (TPSA) is 64.9 Å². The average molecular weight is 255 g/mol. The zero-order chi connectivity index (χ0) is 11.5. The van der Waals surface area contributed by atoms with Crippen LogP contribution in [0.1, 0.15) is 19.7 Å². The van der Waals surface area contributed by atoms with E-state index in [1.165, 1.54) is 11.3 Å². The van der Waals surface area contributed by atoms with Crippen molar-refractivity contribution in [1.29, 1.82) is 0 Å². The highest BCUT2D eigenvalue weighted by atomic mass is 32.2. The second-order valence-corrected chi connectivity index (χ2v) is 6.06. The maximum atomic E-state index is 5.78. The average Bonchev–Trinajstić information content (AvgIpc) is 2.83. The molecule has 0 aliphatic carbocycles. The van der Waals surface area contributed by atoms with Crippen LogP contribution in [0.5, 0.6) is 0 Å². The summed E-state index contributed by atoms with van der Waals surface area (Å²) in [6.07, 6.45) is 0. The summed E-state index contributed by atoms with van der Waals surface area (Å²) < 4.78 is 5.18. The molecule has 0 bridgehead atoms. The van der Waals surface area contributed by atoms with Gasteiger partial charge in [-0.05, 0) is 16.7 Å². The molecule has 86 valence electrons. The van der Waals surface area contributed by atoms with Crippen LogP contribution in [0.2, 0.25) is 0 Å². The number of hydrogen-bond donors (Lipinski definition) is 1. The summed E-state index contributed by atoms with van der Waals surface area (Å²) >= 11 is 3.30. The van der Waals surface area contributed by atoms with Gasteiger partial charge < -0.3 is 10.3 Å². The Labute approximate surface area is 102 Å². The maximum Gasteiger partial charge on any atom is 0.270 e. The van der Waals surface area contributed by atoms with Crippen molar-refractivity contribution in [2.75, 3.05) is 5.73 Å². The first-order chi connectivity index (χ1) is 7.66. The molecule has 0 fully saturated rings. The molecule has 0 saturated heterocycles. The molecule has 0 aromatic carbocycles. The Hall–Kier alpha value is -1.01. The lowest BCUT2D eigenvalue weighted by Crippen LogP contribution is -1.90. The van der Waals surface area contributed by atoms with Gasteiger partial charge in [0.25, 0.3) is 5.89 Å². The van der Waals surface area contributed by atoms with Gasteiger partial charge in [-0.1, -0.05) is 19.0 Å². The second-order valence-electron chi connectivity index (χ2n) is 3.58. The van der Waals surface area contributed by atoms with E-state index in [2.05, 4.69) is 24.0 Å². The van der Waals surface area contributed by atoms with E-state index in [4.69, 9.17) is 10.3 Å².